The van der Waals surface area contributed by atoms with E-state index in [1.54, 1.807) is 0 Å². The van der Waals surface area contributed by atoms with Crippen molar-refractivity contribution in [2.45, 2.75) is 31.8 Å². The fourth-order valence-electron chi connectivity index (χ4n) is 3.00. The van der Waals surface area contributed by atoms with Crippen LogP contribution in [0.15, 0.2) is 24.3 Å². The number of likely N-dealkylation sites (tertiary alicyclic amines) is 1. The first-order valence-electron chi connectivity index (χ1n) is 7.36. The molecule has 2 N–H and O–H groups in total. The molecule has 2 atom stereocenters. The number of piperidine rings is 1. The third-order valence-corrected chi connectivity index (χ3v) is 4.16. The molecule has 1 aromatic carbocycles. The lowest BCUT2D eigenvalue weighted by Gasteiger charge is -2.36. The Bertz CT molecular complexity index is 481. The Morgan fingerprint density at radius 2 is 2.29 bits per heavy atom. The third kappa shape index (κ3) is 5.30. The molecule has 0 aliphatic carbocycles. The van der Waals surface area contributed by atoms with Gasteiger partial charge in [-0.05, 0) is 36.5 Å². The molecule has 2 rings (SSSR count). The van der Waals surface area contributed by atoms with Crippen molar-refractivity contribution >= 4 is 17.6 Å². The molecule has 1 aromatic rings. The van der Waals surface area contributed by atoms with Crippen molar-refractivity contribution in [1.82, 2.24) is 4.90 Å². The van der Waals surface area contributed by atoms with E-state index in [1.165, 1.54) is 12.7 Å². The Hall–Kier alpha value is -1.10. The predicted octanol–water partition coefficient (Wildman–Crippen LogP) is 2.44. The van der Waals surface area contributed by atoms with Crippen LogP contribution in [0.1, 0.15) is 24.8 Å². The fourth-order valence-corrected chi connectivity index (χ4v) is 3.22. The van der Waals surface area contributed by atoms with Crippen molar-refractivity contribution in [3.8, 4) is 0 Å². The van der Waals surface area contributed by atoms with E-state index < -0.39 is 0 Å². The summed E-state index contributed by atoms with van der Waals surface area (Å²) in [5, 5.41) is 0.760. The summed E-state index contributed by atoms with van der Waals surface area (Å²) < 4.78 is 4.71. The maximum absolute atomic E-state index is 11.3. The number of nitrogens with two attached hydrogens (primary N) is 1. The minimum absolute atomic E-state index is 0.143. The second kappa shape index (κ2) is 7.78. The van der Waals surface area contributed by atoms with Gasteiger partial charge in [0, 0.05) is 37.1 Å². The van der Waals surface area contributed by atoms with Crippen LogP contribution in [0.4, 0.5) is 0 Å². The van der Waals surface area contributed by atoms with E-state index in [9.17, 15) is 4.79 Å². The summed E-state index contributed by atoms with van der Waals surface area (Å²) in [6, 6.07) is 8.09. The van der Waals surface area contributed by atoms with Crippen LogP contribution in [-0.2, 0) is 16.1 Å². The fraction of sp³-hybridized carbons (Fsp3) is 0.562. The summed E-state index contributed by atoms with van der Waals surface area (Å²) in [5.74, 6) is 0.308. The van der Waals surface area contributed by atoms with Gasteiger partial charge in [0.25, 0.3) is 0 Å². The molecule has 0 amide bonds. The van der Waals surface area contributed by atoms with Gasteiger partial charge >= 0.3 is 5.97 Å². The zero-order valence-electron chi connectivity index (χ0n) is 12.4. The lowest BCUT2D eigenvalue weighted by atomic mass is 9.90. The molecule has 5 heteroatoms. The number of ether oxygens (including phenoxy) is 1. The van der Waals surface area contributed by atoms with Gasteiger partial charge in [-0.25, -0.2) is 0 Å². The number of carbonyl (C=O) groups excluding carboxylic acids is 1. The molecule has 0 spiro atoms. The number of nitrogens with zero attached hydrogens (tertiary/aromatic N) is 1. The first-order valence-corrected chi connectivity index (χ1v) is 7.74. The monoisotopic (exact) mass is 310 g/mol. The van der Waals surface area contributed by atoms with Gasteiger partial charge < -0.3 is 10.5 Å². The van der Waals surface area contributed by atoms with Gasteiger partial charge in [-0.2, -0.15) is 0 Å². The van der Waals surface area contributed by atoms with E-state index in [1.807, 2.05) is 18.2 Å². The van der Waals surface area contributed by atoms with Gasteiger partial charge in [0.05, 0.1) is 7.11 Å². The van der Waals surface area contributed by atoms with Gasteiger partial charge in [0.2, 0.25) is 0 Å². The average Bonchev–Trinajstić information content (AvgIpc) is 2.44. The van der Waals surface area contributed by atoms with E-state index >= 15 is 0 Å². The van der Waals surface area contributed by atoms with Crippen molar-refractivity contribution in [1.29, 1.82) is 0 Å². The Labute approximate surface area is 131 Å². The first kappa shape index (κ1) is 16.3. The molecule has 21 heavy (non-hydrogen) atoms. The molecule has 0 aromatic heterocycles. The molecule has 116 valence electrons. The molecule has 1 heterocycles. The zero-order valence-corrected chi connectivity index (χ0v) is 13.2. The van der Waals surface area contributed by atoms with Crippen molar-refractivity contribution in [2.75, 3.05) is 20.2 Å². The molecular formula is C16H23ClN2O2. The molecule has 0 bridgehead atoms. The molecule has 4 nitrogen and oxygen atoms in total. The molecule has 1 aliphatic rings. The van der Waals surface area contributed by atoms with Crippen molar-refractivity contribution in [3.05, 3.63) is 34.9 Å². The maximum Gasteiger partial charge on any atom is 0.305 e. The van der Waals surface area contributed by atoms with Crippen molar-refractivity contribution in [2.24, 2.45) is 11.7 Å². The van der Waals surface area contributed by atoms with Crippen LogP contribution < -0.4 is 5.73 Å². The van der Waals surface area contributed by atoms with Crippen LogP contribution in [0, 0.1) is 5.92 Å². The number of benzene rings is 1. The van der Waals surface area contributed by atoms with E-state index in [0.717, 1.165) is 37.5 Å². The smallest absolute Gasteiger partial charge is 0.305 e. The summed E-state index contributed by atoms with van der Waals surface area (Å²) in [6.07, 6.45) is 2.29. The highest BCUT2D eigenvalue weighted by Crippen LogP contribution is 2.23. The number of hydrogen-bond acceptors (Lipinski definition) is 4. The third-order valence-electron chi connectivity index (χ3n) is 3.92. The topological polar surface area (TPSA) is 55.6 Å². The molecular weight excluding hydrogens is 288 g/mol. The SMILES string of the molecule is COC(=O)CCC1CC(N)CN(Cc2cccc(Cl)c2)C1. The van der Waals surface area contributed by atoms with E-state index in [-0.39, 0.29) is 12.0 Å². The van der Waals surface area contributed by atoms with Gasteiger partial charge in [-0.3, -0.25) is 9.69 Å². The highest BCUT2D eigenvalue weighted by molar-refractivity contribution is 6.30. The lowest BCUT2D eigenvalue weighted by Crippen LogP contribution is -2.46. The van der Waals surface area contributed by atoms with Crippen molar-refractivity contribution < 1.29 is 9.53 Å². The lowest BCUT2D eigenvalue weighted by molar-refractivity contribution is -0.141. The molecule has 0 radical (unpaired) electrons. The van der Waals surface area contributed by atoms with Crippen LogP contribution in [-0.4, -0.2) is 37.1 Å². The maximum atomic E-state index is 11.3. The molecule has 1 saturated heterocycles. The normalized spacial score (nSPS) is 23.0. The second-order valence-corrected chi connectivity index (χ2v) is 6.24. The standard InChI is InChI=1S/C16H23ClN2O2/c1-21-16(20)6-5-13-8-15(18)11-19(10-13)9-12-3-2-4-14(17)7-12/h2-4,7,13,15H,5-6,8-11,18H2,1H3. The number of hydrogen-bond donors (Lipinski definition) is 1. The van der Waals surface area contributed by atoms with Crippen LogP contribution >= 0.6 is 11.6 Å². The summed E-state index contributed by atoms with van der Waals surface area (Å²) in [5.41, 5.74) is 7.35. The van der Waals surface area contributed by atoms with Crippen LogP contribution in [0.5, 0.6) is 0 Å². The molecule has 0 saturated carbocycles. The van der Waals surface area contributed by atoms with Gasteiger partial charge in [-0.15, -0.1) is 0 Å². The van der Waals surface area contributed by atoms with Crippen LogP contribution in [0.25, 0.3) is 0 Å². The molecule has 1 aliphatic heterocycles. The summed E-state index contributed by atoms with van der Waals surface area (Å²) in [7, 11) is 1.43. The van der Waals surface area contributed by atoms with Crippen LogP contribution in [0.2, 0.25) is 5.02 Å². The van der Waals surface area contributed by atoms with Gasteiger partial charge in [-0.1, -0.05) is 23.7 Å². The number of halogens is 1. The largest absolute Gasteiger partial charge is 0.469 e. The highest BCUT2D eigenvalue weighted by Gasteiger charge is 2.25. The highest BCUT2D eigenvalue weighted by atomic mass is 35.5. The van der Waals surface area contributed by atoms with E-state index in [0.29, 0.717) is 12.3 Å². The zero-order chi connectivity index (χ0) is 15.2. The number of esters is 1. The predicted molar refractivity (Wildman–Crippen MR) is 84.1 cm³/mol. The number of rotatable bonds is 5. The summed E-state index contributed by atoms with van der Waals surface area (Å²) in [6.45, 7) is 2.71. The minimum atomic E-state index is -0.143. The van der Waals surface area contributed by atoms with Crippen LogP contribution in [0.3, 0.4) is 0 Å². The van der Waals surface area contributed by atoms with Gasteiger partial charge in [0.15, 0.2) is 0 Å². The Morgan fingerprint density at radius 3 is 3.00 bits per heavy atom. The summed E-state index contributed by atoms with van der Waals surface area (Å²) in [4.78, 5) is 13.6. The van der Waals surface area contributed by atoms with Crippen molar-refractivity contribution in [3.63, 3.8) is 0 Å². The Kier molecular flexibility index (Phi) is 6.03. The molecule has 2 unspecified atom stereocenters. The average molecular weight is 311 g/mol. The Morgan fingerprint density at radius 1 is 1.48 bits per heavy atom. The quantitative estimate of drug-likeness (QED) is 0.849. The first-order chi connectivity index (χ1) is 10.1. The summed E-state index contributed by atoms with van der Waals surface area (Å²) >= 11 is 6.03. The molecule has 1 fully saturated rings. The minimum Gasteiger partial charge on any atom is -0.469 e. The van der Waals surface area contributed by atoms with E-state index in [2.05, 4.69) is 11.0 Å². The van der Waals surface area contributed by atoms with Gasteiger partial charge in [0.1, 0.15) is 0 Å². The number of carbonyl (C=O) groups is 1. The number of methoxy groups -OCH3 is 1. The second-order valence-electron chi connectivity index (χ2n) is 5.80. The van der Waals surface area contributed by atoms with E-state index in [4.69, 9.17) is 22.1 Å². The Balaban J connectivity index is 1.89.